The molecule has 2 aromatic rings. The van der Waals surface area contributed by atoms with Crippen molar-refractivity contribution in [3.63, 3.8) is 0 Å². The van der Waals surface area contributed by atoms with Gasteiger partial charge in [0.25, 0.3) is 11.3 Å². The van der Waals surface area contributed by atoms with E-state index in [1.165, 1.54) is 0 Å². The van der Waals surface area contributed by atoms with E-state index in [0.717, 1.165) is 0 Å². The fourth-order valence-electron chi connectivity index (χ4n) is 1.61. The van der Waals surface area contributed by atoms with Gasteiger partial charge in [0, 0.05) is 18.2 Å². The minimum absolute atomic E-state index is 0.0399. The Balaban J connectivity index is 2.17. The summed E-state index contributed by atoms with van der Waals surface area (Å²) in [6, 6.07) is 4.84. The van der Waals surface area contributed by atoms with Crippen molar-refractivity contribution in [3.8, 4) is 0 Å². The molecule has 0 unspecified atom stereocenters. The van der Waals surface area contributed by atoms with Gasteiger partial charge in [0.1, 0.15) is 5.52 Å². The molecular formula is C12H13ClN2O3. The topological polar surface area (TPSA) is 75.4 Å². The van der Waals surface area contributed by atoms with Gasteiger partial charge in [0.05, 0.1) is 0 Å². The molecule has 0 bridgehead atoms. The molecule has 0 radical (unpaired) electrons. The second-order valence-electron chi connectivity index (χ2n) is 4.04. The molecule has 0 fully saturated rings. The molecule has 0 aliphatic rings. The normalized spacial score (nSPS) is 12.6. The number of nitrogens with one attached hydrogen (secondary N) is 1. The highest BCUT2D eigenvalue weighted by atomic mass is 35.5. The largest absolute Gasteiger partial charge is 0.428 e. The van der Waals surface area contributed by atoms with Crippen molar-refractivity contribution in [2.45, 2.75) is 19.4 Å². The van der Waals surface area contributed by atoms with Crippen LogP contribution >= 0.6 is 11.6 Å². The number of nitrogens with zero attached hydrogens (tertiary/aromatic N) is 1. The van der Waals surface area contributed by atoms with Crippen LogP contribution in [-0.4, -0.2) is 28.6 Å². The maximum atomic E-state index is 11.9. The number of carbonyl (C=O) groups excluding carboxylic acids is 1. The Morgan fingerprint density at radius 3 is 3.11 bits per heavy atom. The molecule has 0 aliphatic heterocycles. The number of aliphatic hydroxyl groups excluding tert-OH is 1. The first-order valence-electron chi connectivity index (χ1n) is 5.58. The lowest BCUT2D eigenvalue weighted by atomic mass is 10.1. The van der Waals surface area contributed by atoms with Gasteiger partial charge in [-0.25, -0.2) is 0 Å². The summed E-state index contributed by atoms with van der Waals surface area (Å²) >= 11 is 5.63. The second-order valence-corrected chi connectivity index (χ2v) is 4.36. The first-order valence-corrected chi connectivity index (χ1v) is 5.96. The summed E-state index contributed by atoms with van der Waals surface area (Å²) in [6.45, 7) is 1.87. The van der Waals surface area contributed by atoms with E-state index in [0.29, 0.717) is 23.1 Å². The van der Waals surface area contributed by atoms with Gasteiger partial charge in [-0.15, -0.1) is 0 Å². The van der Waals surface area contributed by atoms with Crippen LogP contribution in [0.2, 0.25) is 5.35 Å². The lowest BCUT2D eigenvalue weighted by Crippen LogP contribution is -2.33. The minimum atomic E-state index is -0.217. The molecule has 0 saturated carbocycles. The maximum Gasteiger partial charge on any atom is 0.293 e. The fraction of sp³-hybridized carbons (Fsp3) is 0.333. The lowest BCUT2D eigenvalue weighted by molar-refractivity contribution is 0.0934. The molecule has 1 atom stereocenters. The van der Waals surface area contributed by atoms with Crippen molar-refractivity contribution < 1.29 is 14.3 Å². The molecule has 96 valence electrons. The molecule has 5 nitrogen and oxygen atoms in total. The summed E-state index contributed by atoms with van der Waals surface area (Å²) in [5.41, 5.74) is 1.56. The molecule has 2 N–H and O–H groups in total. The highest BCUT2D eigenvalue weighted by Crippen LogP contribution is 2.20. The van der Waals surface area contributed by atoms with Gasteiger partial charge in [-0.2, -0.15) is 4.98 Å². The zero-order valence-electron chi connectivity index (χ0n) is 9.81. The lowest BCUT2D eigenvalue weighted by Gasteiger charge is -2.12. The number of benzene rings is 1. The molecule has 0 saturated heterocycles. The molecule has 18 heavy (non-hydrogen) atoms. The predicted octanol–water partition coefficient (Wildman–Crippen LogP) is 1.98. The Hall–Kier alpha value is -1.59. The van der Waals surface area contributed by atoms with Crippen LogP contribution in [0.3, 0.4) is 0 Å². The third kappa shape index (κ3) is 2.80. The molecule has 0 aliphatic carbocycles. The Kier molecular flexibility index (Phi) is 3.84. The third-order valence-electron chi connectivity index (χ3n) is 2.56. The average molecular weight is 269 g/mol. The summed E-state index contributed by atoms with van der Waals surface area (Å²) in [5.74, 6) is -0.217. The SMILES string of the molecule is C[C@H](CCO)NC(=O)c1ccc2nc(Cl)oc2c1. The van der Waals surface area contributed by atoms with E-state index in [1.54, 1.807) is 18.2 Å². The van der Waals surface area contributed by atoms with Crippen LogP contribution in [0.5, 0.6) is 0 Å². The summed E-state index contributed by atoms with van der Waals surface area (Å²) in [6.07, 6.45) is 0.516. The number of amides is 1. The van der Waals surface area contributed by atoms with Crippen LogP contribution in [0.15, 0.2) is 22.6 Å². The molecule has 2 rings (SSSR count). The highest BCUT2D eigenvalue weighted by molar-refractivity contribution is 6.28. The van der Waals surface area contributed by atoms with Crippen LogP contribution in [0.1, 0.15) is 23.7 Å². The van der Waals surface area contributed by atoms with Crippen LogP contribution in [0, 0.1) is 0 Å². The first-order chi connectivity index (χ1) is 8.60. The first kappa shape index (κ1) is 12.9. The van der Waals surface area contributed by atoms with Gasteiger partial charge in [-0.3, -0.25) is 4.79 Å². The summed E-state index contributed by atoms with van der Waals surface area (Å²) in [4.78, 5) is 15.8. The number of halogens is 1. The molecule has 6 heteroatoms. The van der Waals surface area contributed by atoms with E-state index in [2.05, 4.69) is 10.3 Å². The van der Waals surface area contributed by atoms with Crippen molar-refractivity contribution in [2.75, 3.05) is 6.61 Å². The monoisotopic (exact) mass is 268 g/mol. The van der Waals surface area contributed by atoms with Crippen molar-refractivity contribution in [2.24, 2.45) is 0 Å². The van der Waals surface area contributed by atoms with Crippen LogP contribution < -0.4 is 5.32 Å². The Morgan fingerprint density at radius 1 is 1.61 bits per heavy atom. The van der Waals surface area contributed by atoms with Gasteiger partial charge in [-0.05, 0) is 43.1 Å². The van der Waals surface area contributed by atoms with E-state index in [9.17, 15) is 4.79 Å². The highest BCUT2D eigenvalue weighted by Gasteiger charge is 2.12. The molecule has 0 spiro atoms. The summed E-state index contributed by atoms with van der Waals surface area (Å²) in [7, 11) is 0. The van der Waals surface area contributed by atoms with Gasteiger partial charge in [0.15, 0.2) is 5.58 Å². The number of hydrogen-bond acceptors (Lipinski definition) is 4. The van der Waals surface area contributed by atoms with Gasteiger partial charge in [-0.1, -0.05) is 0 Å². The predicted molar refractivity (Wildman–Crippen MR) is 67.7 cm³/mol. The van der Waals surface area contributed by atoms with Gasteiger partial charge < -0.3 is 14.8 Å². The minimum Gasteiger partial charge on any atom is -0.428 e. The smallest absolute Gasteiger partial charge is 0.293 e. The Bertz CT molecular complexity index is 567. The van der Waals surface area contributed by atoms with Crippen LogP contribution in [-0.2, 0) is 0 Å². The van der Waals surface area contributed by atoms with E-state index in [4.69, 9.17) is 21.1 Å². The average Bonchev–Trinajstić information content (AvgIpc) is 2.68. The Morgan fingerprint density at radius 2 is 2.39 bits per heavy atom. The van der Waals surface area contributed by atoms with Crippen molar-refractivity contribution in [3.05, 3.63) is 29.1 Å². The van der Waals surface area contributed by atoms with Crippen LogP contribution in [0.25, 0.3) is 11.1 Å². The molecule has 1 heterocycles. The number of oxazole rings is 1. The number of aliphatic hydroxyl groups is 1. The molecule has 1 aromatic heterocycles. The van der Waals surface area contributed by atoms with Crippen molar-refractivity contribution in [1.29, 1.82) is 0 Å². The number of rotatable bonds is 4. The van der Waals surface area contributed by atoms with E-state index < -0.39 is 0 Å². The molecular weight excluding hydrogens is 256 g/mol. The van der Waals surface area contributed by atoms with Gasteiger partial charge >= 0.3 is 0 Å². The zero-order valence-corrected chi connectivity index (χ0v) is 10.6. The standard InChI is InChI=1S/C12H13ClN2O3/c1-7(4-5-16)14-11(17)8-2-3-9-10(6-8)18-12(13)15-9/h2-3,6-7,16H,4-5H2,1H3,(H,14,17)/t7-/m1/s1. The summed E-state index contributed by atoms with van der Waals surface area (Å²) in [5, 5.41) is 11.6. The second kappa shape index (κ2) is 5.37. The number of fused-ring (bicyclic) bond motifs is 1. The number of aromatic nitrogens is 1. The van der Waals surface area contributed by atoms with E-state index in [-0.39, 0.29) is 23.9 Å². The third-order valence-corrected chi connectivity index (χ3v) is 2.73. The summed E-state index contributed by atoms with van der Waals surface area (Å²) < 4.78 is 5.15. The number of carbonyl (C=O) groups is 1. The van der Waals surface area contributed by atoms with Crippen molar-refractivity contribution in [1.82, 2.24) is 10.3 Å². The fourth-order valence-corrected chi connectivity index (χ4v) is 1.78. The van der Waals surface area contributed by atoms with Crippen molar-refractivity contribution >= 4 is 28.6 Å². The molecule has 1 aromatic carbocycles. The zero-order chi connectivity index (χ0) is 13.1. The van der Waals surface area contributed by atoms with E-state index >= 15 is 0 Å². The number of hydrogen-bond donors (Lipinski definition) is 2. The molecule has 1 amide bonds. The van der Waals surface area contributed by atoms with E-state index in [1.807, 2.05) is 6.92 Å². The van der Waals surface area contributed by atoms with Crippen LogP contribution in [0.4, 0.5) is 0 Å². The van der Waals surface area contributed by atoms with Gasteiger partial charge in [0.2, 0.25) is 0 Å². The maximum absolute atomic E-state index is 11.9. The Labute approximate surface area is 109 Å². The quantitative estimate of drug-likeness (QED) is 0.889.